The van der Waals surface area contributed by atoms with Crippen LogP contribution in [0.25, 0.3) is 5.69 Å². The minimum atomic E-state index is 0.524. The molecular formula is C19H28N4O2. The van der Waals surface area contributed by atoms with Gasteiger partial charge in [-0.25, -0.2) is 4.68 Å². The summed E-state index contributed by atoms with van der Waals surface area (Å²) in [6.45, 7) is 5.50. The molecule has 0 amide bonds. The highest BCUT2D eigenvalue weighted by molar-refractivity contribution is 5.45. The summed E-state index contributed by atoms with van der Waals surface area (Å²) < 4.78 is 13.2. The van der Waals surface area contributed by atoms with E-state index in [0.717, 1.165) is 50.8 Å². The molecule has 0 spiro atoms. The zero-order valence-corrected chi connectivity index (χ0v) is 15.4. The minimum absolute atomic E-state index is 0.524. The first-order valence-electron chi connectivity index (χ1n) is 8.77. The molecule has 0 radical (unpaired) electrons. The third kappa shape index (κ3) is 4.81. The first-order valence-corrected chi connectivity index (χ1v) is 8.77. The molecule has 1 saturated heterocycles. The fourth-order valence-electron chi connectivity index (χ4n) is 3.41. The maximum absolute atomic E-state index is 5.81. The number of methoxy groups -OCH3 is 1. The molecule has 1 aliphatic heterocycles. The Morgan fingerprint density at radius 1 is 1.36 bits per heavy atom. The molecule has 6 heteroatoms. The maximum Gasteiger partial charge on any atom is 0.119 e. The molecule has 25 heavy (non-hydrogen) atoms. The molecule has 1 fully saturated rings. The van der Waals surface area contributed by atoms with Crippen molar-refractivity contribution in [1.29, 1.82) is 0 Å². The van der Waals surface area contributed by atoms with Gasteiger partial charge in [0.2, 0.25) is 0 Å². The summed E-state index contributed by atoms with van der Waals surface area (Å²) in [4.78, 5) is 4.71. The van der Waals surface area contributed by atoms with E-state index in [0.29, 0.717) is 5.92 Å². The summed E-state index contributed by atoms with van der Waals surface area (Å²) >= 11 is 0. The molecule has 1 aromatic carbocycles. The van der Waals surface area contributed by atoms with Gasteiger partial charge in [-0.3, -0.25) is 4.90 Å². The van der Waals surface area contributed by atoms with Gasteiger partial charge in [0.05, 0.1) is 26.0 Å². The lowest BCUT2D eigenvalue weighted by Gasteiger charge is -2.26. The monoisotopic (exact) mass is 344 g/mol. The second-order valence-corrected chi connectivity index (χ2v) is 6.88. The van der Waals surface area contributed by atoms with Crippen molar-refractivity contribution in [3.63, 3.8) is 0 Å². The highest BCUT2D eigenvalue weighted by Crippen LogP contribution is 2.23. The summed E-state index contributed by atoms with van der Waals surface area (Å²) in [6.07, 6.45) is 3.78. The van der Waals surface area contributed by atoms with Crippen LogP contribution in [-0.2, 0) is 11.3 Å². The van der Waals surface area contributed by atoms with E-state index in [2.05, 4.69) is 41.1 Å². The van der Waals surface area contributed by atoms with Crippen molar-refractivity contribution in [2.24, 2.45) is 5.92 Å². The van der Waals surface area contributed by atoms with E-state index in [1.165, 1.54) is 5.56 Å². The standard InChI is InChI=1S/C19H28N4O2/c1-21(2)12-16-13-22(9-10-25-15-16)14-17-11-18(24-3)5-6-19(17)23-8-4-7-20-23/h4-8,11,16H,9-10,12-15H2,1-3H3. The van der Waals surface area contributed by atoms with E-state index >= 15 is 0 Å². The molecule has 1 unspecified atom stereocenters. The van der Waals surface area contributed by atoms with Crippen LogP contribution in [0.15, 0.2) is 36.7 Å². The zero-order valence-electron chi connectivity index (χ0n) is 15.4. The average molecular weight is 344 g/mol. The number of benzene rings is 1. The lowest BCUT2D eigenvalue weighted by atomic mass is 10.1. The first-order chi connectivity index (χ1) is 12.2. The summed E-state index contributed by atoms with van der Waals surface area (Å²) in [5.41, 5.74) is 2.31. The van der Waals surface area contributed by atoms with Gasteiger partial charge in [0.15, 0.2) is 0 Å². The van der Waals surface area contributed by atoms with Gasteiger partial charge < -0.3 is 14.4 Å². The van der Waals surface area contributed by atoms with Crippen molar-refractivity contribution in [1.82, 2.24) is 19.6 Å². The molecule has 0 saturated carbocycles. The Balaban J connectivity index is 1.80. The molecule has 1 aromatic heterocycles. The second kappa shape index (κ2) is 8.47. The topological polar surface area (TPSA) is 42.8 Å². The molecular weight excluding hydrogens is 316 g/mol. The van der Waals surface area contributed by atoms with Gasteiger partial charge in [0, 0.05) is 44.5 Å². The number of nitrogens with zero attached hydrogens (tertiary/aromatic N) is 4. The average Bonchev–Trinajstić information content (AvgIpc) is 3.03. The maximum atomic E-state index is 5.81. The van der Waals surface area contributed by atoms with Crippen LogP contribution in [0.4, 0.5) is 0 Å². The van der Waals surface area contributed by atoms with Gasteiger partial charge in [0.1, 0.15) is 5.75 Å². The third-order valence-electron chi connectivity index (χ3n) is 4.48. The predicted molar refractivity (Wildman–Crippen MR) is 98.3 cm³/mol. The normalized spacial score (nSPS) is 19.1. The lowest BCUT2D eigenvalue weighted by molar-refractivity contribution is 0.112. The summed E-state index contributed by atoms with van der Waals surface area (Å²) in [7, 11) is 5.94. The van der Waals surface area contributed by atoms with Gasteiger partial charge in [-0.05, 0) is 43.9 Å². The molecule has 0 bridgehead atoms. The molecule has 1 atom stereocenters. The van der Waals surface area contributed by atoms with Gasteiger partial charge in [-0.15, -0.1) is 0 Å². The van der Waals surface area contributed by atoms with Crippen molar-refractivity contribution in [3.05, 3.63) is 42.2 Å². The van der Waals surface area contributed by atoms with Crippen LogP contribution >= 0.6 is 0 Å². The third-order valence-corrected chi connectivity index (χ3v) is 4.48. The smallest absolute Gasteiger partial charge is 0.119 e. The Kier molecular flexibility index (Phi) is 6.07. The Hall–Kier alpha value is -1.89. The van der Waals surface area contributed by atoms with Crippen LogP contribution in [0.3, 0.4) is 0 Å². The molecule has 1 aliphatic rings. The highest BCUT2D eigenvalue weighted by Gasteiger charge is 2.20. The van der Waals surface area contributed by atoms with Gasteiger partial charge in [0.25, 0.3) is 0 Å². The van der Waals surface area contributed by atoms with E-state index in [1.54, 1.807) is 13.3 Å². The molecule has 6 nitrogen and oxygen atoms in total. The van der Waals surface area contributed by atoms with Crippen LogP contribution in [0, 0.1) is 5.92 Å². The van der Waals surface area contributed by atoms with Crippen LogP contribution < -0.4 is 4.74 Å². The SMILES string of the molecule is COc1ccc(-n2cccn2)c(CN2CCOCC(CN(C)C)C2)c1. The van der Waals surface area contributed by atoms with Crippen molar-refractivity contribution in [3.8, 4) is 11.4 Å². The quantitative estimate of drug-likeness (QED) is 0.801. The summed E-state index contributed by atoms with van der Waals surface area (Å²) in [5, 5.41) is 4.39. The first kappa shape index (κ1) is 17.9. The van der Waals surface area contributed by atoms with Crippen molar-refractivity contribution in [2.75, 3.05) is 54.1 Å². The minimum Gasteiger partial charge on any atom is -0.497 e. The molecule has 2 heterocycles. The molecule has 3 rings (SSSR count). The van der Waals surface area contributed by atoms with Crippen LogP contribution in [0.5, 0.6) is 5.75 Å². The zero-order chi connectivity index (χ0) is 17.6. The lowest BCUT2D eigenvalue weighted by Crippen LogP contribution is -2.34. The van der Waals surface area contributed by atoms with Crippen LogP contribution in [-0.4, -0.2) is 73.6 Å². The fourth-order valence-corrected chi connectivity index (χ4v) is 3.41. The number of ether oxygens (including phenoxy) is 2. The van der Waals surface area contributed by atoms with E-state index < -0.39 is 0 Å². The molecule has 136 valence electrons. The Labute approximate surface area is 149 Å². The van der Waals surface area contributed by atoms with E-state index in [4.69, 9.17) is 9.47 Å². The van der Waals surface area contributed by atoms with Crippen LogP contribution in [0.2, 0.25) is 0 Å². The van der Waals surface area contributed by atoms with Gasteiger partial charge >= 0.3 is 0 Å². The van der Waals surface area contributed by atoms with Crippen molar-refractivity contribution >= 4 is 0 Å². The number of hydrogen-bond acceptors (Lipinski definition) is 5. The van der Waals surface area contributed by atoms with Crippen molar-refractivity contribution in [2.45, 2.75) is 6.54 Å². The summed E-state index contributed by atoms with van der Waals surface area (Å²) in [5.74, 6) is 1.40. The Morgan fingerprint density at radius 2 is 2.24 bits per heavy atom. The van der Waals surface area contributed by atoms with E-state index in [9.17, 15) is 0 Å². The number of aromatic nitrogens is 2. The van der Waals surface area contributed by atoms with E-state index in [1.807, 2.05) is 23.0 Å². The largest absolute Gasteiger partial charge is 0.497 e. The second-order valence-electron chi connectivity index (χ2n) is 6.88. The number of rotatable bonds is 6. The van der Waals surface area contributed by atoms with E-state index in [-0.39, 0.29) is 0 Å². The summed E-state index contributed by atoms with van der Waals surface area (Å²) in [6, 6.07) is 8.12. The predicted octanol–water partition coefficient (Wildman–Crippen LogP) is 1.89. The molecule has 0 aliphatic carbocycles. The molecule has 0 N–H and O–H groups in total. The number of hydrogen-bond donors (Lipinski definition) is 0. The van der Waals surface area contributed by atoms with Crippen molar-refractivity contribution < 1.29 is 9.47 Å². The molecule has 2 aromatic rings. The van der Waals surface area contributed by atoms with Crippen LogP contribution in [0.1, 0.15) is 5.56 Å². The Morgan fingerprint density at radius 3 is 2.96 bits per heavy atom. The van der Waals surface area contributed by atoms with Gasteiger partial charge in [-0.2, -0.15) is 5.10 Å². The Bertz CT molecular complexity index is 657. The fraction of sp³-hybridized carbons (Fsp3) is 0.526. The highest BCUT2D eigenvalue weighted by atomic mass is 16.5. The van der Waals surface area contributed by atoms with Gasteiger partial charge in [-0.1, -0.05) is 0 Å².